The Morgan fingerprint density at radius 1 is 1.13 bits per heavy atom. The van der Waals surface area contributed by atoms with Crippen LogP contribution in [0.3, 0.4) is 0 Å². The van der Waals surface area contributed by atoms with Gasteiger partial charge in [0, 0.05) is 16.2 Å². The number of aromatic nitrogens is 5. The molecule has 0 saturated carbocycles. The average molecular weight is 628 g/mol. The third kappa shape index (κ3) is 9.74. The van der Waals surface area contributed by atoms with E-state index < -0.39 is 35.1 Å². The number of carbonyl (C=O) groups is 2. The highest BCUT2D eigenvalue weighted by molar-refractivity contribution is 9.10. The molecule has 2 aromatic heterocycles. The minimum Gasteiger partial charge on any atom is -0.460 e. The van der Waals surface area contributed by atoms with Crippen LogP contribution in [-0.4, -0.2) is 54.5 Å². The first-order valence-electron chi connectivity index (χ1n) is 11.9. The van der Waals surface area contributed by atoms with Crippen LogP contribution in [0.2, 0.25) is 5.02 Å². The van der Waals surface area contributed by atoms with E-state index in [1.807, 2.05) is 0 Å². The van der Waals surface area contributed by atoms with Crippen LogP contribution >= 0.6 is 27.5 Å². The van der Waals surface area contributed by atoms with Gasteiger partial charge in [0.2, 0.25) is 5.82 Å². The van der Waals surface area contributed by atoms with E-state index in [1.54, 1.807) is 59.7 Å². The minimum atomic E-state index is -0.738. The van der Waals surface area contributed by atoms with Crippen molar-refractivity contribution in [3.63, 3.8) is 0 Å². The zero-order valence-corrected chi connectivity index (χ0v) is 24.6. The Kier molecular flexibility index (Phi) is 9.49. The second-order valence-corrected chi connectivity index (χ2v) is 11.8. The Bertz CT molecular complexity index is 1310. The molecule has 0 unspecified atom stereocenters. The van der Waals surface area contributed by atoms with E-state index in [2.05, 4.69) is 41.6 Å². The molecule has 39 heavy (non-hydrogen) atoms. The number of hydrogen-bond donors (Lipinski definition) is 1. The van der Waals surface area contributed by atoms with Crippen molar-refractivity contribution in [3.8, 4) is 23.0 Å². The molecule has 1 amide bonds. The monoisotopic (exact) mass is 626 g/mol. The Hall–Kier alpha value is -3.32. The molecule has 0 radical (unpaired) electrons. The fourth-order valence-corrected chi connectivity index (χ4v) is 3.85. The Balaban J connectivity index is 1.75. The lowest BCUT2D eigenvalue weighted by molar-refractivity contribution is -0.155. The maximum absolute atomic E-state index is 14.0. The average Bonchev–Trinajstić information content (AvgIpc) is 3.21. The van der Waals surface area contributed by atoms with Crippen LogP contribution in [0, 0.1) is 5.82 Å². The van der Waals surface area contributed by atoms with Crippen molar-refractivity contribution >= 4 is 39.6 Å². The molecule has 0 aliphatic heterocycles. The van der Waals surface area contributed by atoms with Crippen molar-refractivity contribution in [2.45, 2.75) is 71.8 Å². The molecule has 0 spiro atoms. The Morgan fingerprint density at radius 2 is 1.82 bits per heavy atom. The van der Waals surface area contributed by atoms with Gasteiger partial charge in [-0.2, -0.15) is 4.80 Å². The molecule has 0 aliphatic carbocycles. The first kappa shape index (κ1) is 30.2. The summed E-state index contributed by atoms with van der Waals surface area (Å²) in [6.07, 6.45) is 0.443. The van der Waals surface area contributed by atoms with Crippen molar-refractivity contribution < 1.29 is 28.2 Å². The lowest BCUT2D eigenvalue weighted by Gasteiger charge is -2.24. The molecule has 3 rings (SSSR count). The van der Waals surface area contributed by atoms with Crippen molar-refractivity contribution in [1.82, 2.24) is 30.5 Å². The summed E-state index contributed by atoms with van der Waals surface area (Å²) in [4.78, 5) is 30.0. The van der Waals surface area contributed by atoms with E-state index in [1.165, 1.54) is 11.0 Å². The first-order chi connectivity index (χ1) is 18.1. The minimum absolute atomic E-state index is 0.0197. The Morgan fingerprint density at radius 3 is 2.44 bits per heavy atom. The van der Waals surface area contributed by atoms with Crippen LogP contribution in [0.1, 0.15) is 48.0 Å². The maximum atomic E-state index is 14.0. The number of nitrogens with one attached hydrogen (secondary N) is 1. The molecule has 210 valence electrons. The number of esters is 1. The number of tetrazole rings is 1. The predicted octanol–water partition coefficient (Wildman–Crippen LogP) is 5.71. The van der Waals surface area contributed by atoms with Gasteiger partial charge in [-0.1, -0.05) is 11.6 Å². The molecule has 1 aromatic carbocycles. The van der Waals surface area contributed by atoms with E-state index in [0.29, 0.717) is 15.8 Å². The molecule has 1 atom stereocenters. The highest BCUT2D eigenvalue weighted by Crippen LogP contribution is 2.32. The normalized spacial score (nSPS) is 12.5. The van der Waals surface area contributed by atoms with Crippen LogP contribution in [0.25, 0.3) is 11.4 Å². The van der Waals surface area contributed by atoms with E-state index >= 15 is 0 Å². The number of carbonyl (C=O) groups excluding carboxylic acids is 2. The zero-order valence-electron chi connectivity index (χ0n) is 22.3. The number of alkyl carbamates (subject to hydrolysis) is 1. The molecular weight excluding hydrogens is 599 g/mol. The number of amides is 1. The number of rotatable bonds is 8. The van der Waals surface area contributed by atoms with Gasteiger partial charge in [-0.3, -0.25) is 4.79 Å². The zero-order chi connectivity index (χ0) is 29.0. The summed E-state index contributed by atoms with van der Waals surface area (Å²) in [5.41, 5.74) is -0.845. The van der Waals surface area contributed by atoms with Gasteiger partial charge in [0.1, 0.15) is 17.0 Å². The van der Waals surface area contributed by atoms with Crippen molar-refractivity contribution in [2.75, 3.05) is 0 Å². The molecule has 0 saturated heterocycles. The van der Waals surface area contributed by atoms with E-state index in [9.17, 15) is 14.0 Å². The van der Waals surface area contributed by atoms with E-state index in [4.69, 9.17) is 25.8 Å². The lowest BCUT2D eigenvalue weighted by Crippen LogP contribution is -2.43. The topological polar surface area (TPSA) is 130 Å². The van der Waals surface area contributed by atoms with Gasteiger partial charge in [-0.05, 0) is 87.0 Å². The van der Waals surface area contributed by atoms with Gasteiger partial charge in [0.15, 0.2) is 5.82 Å². The number of halogens is 3. The first-order valence-corrected chi connectivity index (χ1v) is 13.0. The standard InChI is InChI=1S/C25H29BrClFN6O5/c1-24(2,3)38-20(35)10-15(30-23(36)39-25(4,5)6)13-34-32-21(31-33-34)17-8-7-16(11-18(17)26)37-22-19(28)9-14(27)12-29-22/h7-9,11-12,15H,10,13H2,1-6H3,(H,30,36)/t15-/m0/s1. The Labute approximate surface area is 238 Å². The molecule has 3 aromatic rings. The fraction of sp³-hybridized carbons (Fsp3) is 0.440. The number of nitrogens with zero attached hydrogens (tertiary/aromatic N) is 5. The van der Waals surface area contributed by atoms with Gasteiger partial charge in [0.25, 0.3) is 5.88 Å². The number of ether oxygens (including phenoxy) is 3. The van der Waals surface area contributed by atoms with Crippen LogP contribution in [0.15, 0.2) is 34.9 Å². The fourth-order valence-electron chi connectivity index (χ4n) is 3.17. The van der Waals surface area contributed by atoms with Crippen LogP contribution in [-0.2, 0) is 20.8 Å². The van der Waals surface area contributed by atoms with Gasteiger partial charge >= 0.3 is 12.1 Å². The molecule has 1 N–H and O–H groups in total. The quantitative estimate of drug-likeness (QED) is 0.312. The molecule has 2 heterocycles. The third-order valence-corrected chi connectivity index (χ3v) is 5.42. The SMILES string of the molecule is CC(C)(C)OC(=O)C[C@@H](Cn1nnc(-c2ccc(Oc3ncc(Cl)cc3F)cc2Br)n1)NC(=O)OC(C)(C)C. The highest BCUT2D eigenvalue weighted by atomic mass is 79.9. The summed E-state index contributed by atoms with van der Waals surface area (Å²) < 4.78 is 30.8. The molecule has 14 heteroatoms. The van der Waals surface area contributed by atoms with Crippen LogP contribution in [0.4, 0.5) is 9.18 Å². The second kappa shape index (κ2) is 12.2. The van der Waals surface area contributed by atoms with Crippen LogP contribution < -0.4 is 10.1 Å². The maximum Gasteiger partial charge on any atom is 0.407 e. The van der Waals surface area contributed by atoms with Crippen molar-refractivity contribution in [3.05, 3.63) is 45.8 Å². The summed E-state index contributed by atoms with van der Waals surface area (Å²) in [5.74, 6) is -0.859. The summed E-state index contributed by atoms with van der Waals surface area (Å²) in [6.45, 7) is 10.5. The van der Waals surface area contributed by atoms with Gasteiger partial charge in [-0.25, -0.2) is 14.2 Å². The van der Waals surface area contributed by atoms with Crippen molar-refractivity contribution in [1.29, 1.82) is 0 Å². The smallest absolute Gasteiger partial charge is 0.407 e. The summed E-state index contributed by atoms with van der Waals surface area (Å²) in [6, 6.07) is 5.21. The third-order valence-electron chi connectivity index (χ3n) is 4.56. The number of benzene rings is 1. The number of pyridine rings is 1. The second-order valence-electron chi connectivity index (χ2n) is 10.5. The van der Waals surface area contributed by atoms with Crippen molar-refractivity contribution in [2.24, 2.45) is 0 Å². The molecule has 11 nitrogen and oxygen atoms in total. The van der Waals surface area contributed by atoms with Gasteiger partial charge in [0.05, 0.1) is 24.0 Å². The molecule has 0 aliphatic rings. The summed E-state index contributed by atoms with van der Waals surface area (Å²) in [7, 11) is 0. The van der Waals surface area contributed by atoms with E-state index in [-0.39, 0.29) is 29.7 Å². The highest BCUT2D eigenvalue weighted by Gasteiger charge is 2.26. The summed E-state index contributed by atoms with van der Waals surface area (Å²) in [5, 5.41) is 15.3. The van der Waals surface area contributed by atoms with Gasteiger partial charge < -0.3 is 19.5 Å². The molecule has 0 bridgehead atoms. The van der Waals surface area contributed by atoms with Crippen LogP contribution in [0.5, 0.6) is 11.6 Å². The number of hydrogen-bond acceptors (Lipinski definition) is 9. The molecular formula is C25H29BrClFN6O5. The predicted molar refractivity (Wildman–Crippen MR) is 144 cm³/mol. The molecule has 0 fully saturated rings. The largest absolute Gasteiger partial charge is 0.460 e. The lowest BCUT2D eigenvalue weighted by atomic mass is 10.1. The van der Waals surface area contributed by atoms with E-state index in [0.717, 1.165) is 6.07 Å². The van der Waals surface area contributed by atoms with Gasteiger partial charge in [-0.15, -0.1) is 10.2 Å². The summed E-state index contributed by atoms with van der Waals surface area (Å²) >= 11 is 9.17.